The summed E-state index contributed by atoms with van der Waals surface area (Å²) in [4.78, 5) is 40.1. The molecule has 1 aromatic carbocycles. The zero-order valence-corrected chi connectivity index (χ0v) is 20.7. The van der Waals surface area contributed by atoms with Crippen LogP contribution in [0.1, 0.15) is 51.0 Å². The first-order valence-electron chi connectivity index (χ1n) is 11.3. The SMILES string of the molecule is CCS(=O)(=O)N1CCC(C(=O)OCC(=O)N(C)C2(c3ccccc3Cl)CCCCC2=O)CC1. The summed E-state index contributed by atoms with van der Waals surface area (Å²) >= 11 is 6.42. The number of ketones is 1. The third-order valence-electron chi connectivity index (χ3n) is 6.80. The molecule has 1 unspecified atom stereocenters. The van der Waals surface area contributed by atoms with Gasteiger partial charge in [-0.2, -0.15) is 0 Å². The smallest absolute Gasteiger partial charge is 0.309 e. The van der Waals surface area contributed by atoms with Gasteiger partial charge >= 0.3 is 5.97 Å². The van der Waals surface area contributed by atoms with E-state index in [9.17, 15) is 22.8 Å². The normalized spacial score (nSPS) is 22.7. The number of sulfonamides is 1. The molecule has 0 bridgehead atoms. The van der Waals surface area contributed by atoms with Crippen LogP contribution in [0.2, 0.25) is 5.02 Å². The maximum Gasteiger partial charge on any atom is 0.309 e. The number of hydrogen-bond acceptors (Lipinski definition) is 6. The first-order chi connectivity index (χ1) is 15.6. The summed E-state index contributed by atoms with van der Waals surface area (Å²) in [6, 6.07) is 7.02. The van der Waals surface area contributed by atoms with Gasteiger partial charge in [-0.05, 0) is 45.1 Å². The number of ether oxygens (including phenoxy) is 1. The van der Waals surface area contributed by atoms with E-state index in [1.54, 1.807) is 38.2 Å². The van der Waals surface area contributed by atoms with E-state index in [2.05, 4.69) is 0 Å². The number of amides is 1. The van der Waals surface area contributed by atoms with Crippen molar-refractivity contribution in [2.45, 2.75) is 51.0 Å². The van der Waals surface area contributed by atoms with E-state index >= 15 is 0 Å². The average molecular weight is 499 g/mol. The lowest BCUT2D eigenvalue weighted by Crippen LogP contribution is -2.55. The second kappa shape index (κ2) is 10.5. The van der Waals surface area contributed by atoms with Gasteiger partial charge in [0.2, 0.25) is 10.0 Å². The molecule has 1 aromatic rings. The predicted molar refractivity (Wildman–Crippen MR) is 124 cm³/mol. The van der Waals surface area contributed by atoms with Crippen molar-refractivity contribution in [1.82, 2.24) is 9.21 Å². The van der Waals surface area contributed by atoms with Crippen molar-refractivity contribution in [1.29, 1.82) is 0 Å². The summed E-state index contributed by atoms with van der Waals surface area (Å²) in [5, 5.41) is 0.415. The van der Waals surface area contributed by atoms with Crippen LogP contribution < -0.4 is 0 Å². The Labute approximate surface area is 200 Å². The van der Waals surface area contributed by atoms with Crippen LogP contribution in [0.3, 0.4) is 0 Å². The van der Waals surface area contributed by atoms with Gasteiger partial charge in [0.1, 0.15) is 5.54 Å². The quantitative estimate of drug-likeness (QED) is 0.536. The number of hydrogen-bond donors (Lipinski definition) is 0. The van der Waals surface area contributed by atoms with E-state index in [1.807, 2.05) is 0 Å². The molecule has 0 spiro atoms. The lowest BCUT2D eigenvalue weighted by atomic mass is 9.74. The summed E-state index contributed by atoms with van der Waals surface area (Å²) in [6.45, 7) is 1.62. The van der Waals surface area contributed by atoms with Crippen LogP contribution >= 0.6 is 11.6 Å². The molecule has 1 saturated carbocycles. The molecule has 1 saturated heterocycles. The lowest BCUT2D eigenvalue weighted by Gasteiger charge is -2.43. The fourth-order valence-electron chi connectivity index (χ4n) is 4.74. The molecule has 1 atom stereocenters. The first kappa shape index (κ1) is 25.6. The second-order valence-electron chi connectivity index (χ2n) is 8.60. The molecule has 0 radical (unpaired) electrons. The molecule has 1 aliphatic heterocycles. The molecule has 33 heavy (non-hydrogen) atoms. The number of benzene rings is 1. The lowest BCUT2D eigenvalue weighted by molar-refractivity contribution is -0.160. The third kappa shape index (κ3) is 5.25. The molecule has 8 nitrogen and oxygen atoms in total. The van der Waals surface area contributed by atoms with Gasteiger partial charge in [-0.1, -0.05) is 29.8 Å². The summed E-state index contributed by atoms with van der Waals surface area (Å²) in [5.41, 5.74) is -0.594. The largest absolute Gasteiger partial charge is 0.455 e. The monoisotopic (exact) mass is 498 g/mol. The van der Waals surface area contributed by atoms with Crippen LogP contribution in [0.15, 0.2) is 24.3 Å². The fraction of sp³-hybridized carbons (Fsp3) is 0.609. The van der Waals surface area contributed by atoms with Crippen LogP contribution in [-0.2, 0) is 34.7 Å². The van der Waals surface area contributed by atoms with Gasteiger partial charge in [-0.15, -0.1) is 0 Å². The van der Waals surface area contributed by atoms with Crippen LogP contribution in [0, 0.1) is 5.92 Å². The zero-order chi connectivity index (χ0) is 24.2. The van der Waals surface area contributed by atoms with Crippen LogP contribution in [0.4, 0.5) is 0 Å². The van der Waals surface area contributed by atoms with E-state index in [0.717, 1.165) is 12.8 Å². The number of rotatable bonds is 7. The van der Waals surface area contributed by atoms with Gasteiger partial charge < -0.3 is 9.64 Å². The summed E-state index contributed by atoms with van der Waals surface area (Å²) < 4.78 is 30.7. The Balaban J connectivity index is 1.66. The van der Waals surface area contributed by atoms with Crippen LogP contribution in [-0.4, -0.2) is 67.8 Å². The molecule has 1 heterocycles. The molecule has 2 aliphatic rings. The minimum atomic E-state index is -3.28. The van der Waals surface area contributed by atoms with Crippen LogP contribution in [0.5, 0.6) is 0 Å². The standard InChI is InChI=1S/C23H31ClN2O6S/c1-3-33(30,31)26-14-11-17(12-15-26)22(29)32-16-21(28)25(2)23(13-7-6-10-20(23)27)18-8-4-5-9-19(18)24/h4-5,8-9,17H,3,6-7,10-16H2,1-2H3. The summed E-state index contributed by atoms with van der Waals surface area (Å²) in [7, 11) is -1.73. The molecular formula is C23H31ClN2O6S. The van der Waals surface area contributed by atoms with Gasteiger partial charge in [-0.3, -0.25) is 14.4 Å². The maximum atomic E-state index is 13.1. The first-order valence-corrected chi connectivity index (χ1v) is 13.3. The number of likely N-dealkylation sites (N-methyl/N-ethyl adjacent to an activating group) is 1. The molecule has 0 N–H and O–H groups in total. The van der Waals surface area contributed by atoms with E-state index in [1.165, 1.54) is 9.21 Å². The van der Waals surface area contributed by atoms with E-state index < -0.39 is 40.0 Å². The summed E-state index contributed by atoms with van der Waals surface area (Å²) in [5.74, 6) is -1.51. The van der Waals surface area contributed by atoms with Crippen molar-refractivity contribution >= 4 is 39.3 Å². The number of nitrogens with zero attached hydrogens (tertiary/aromatic N) is 2. The zero-order valence-electron chi connectivity index (χ0n) is 19.1. The highest BCUT2D eigenvalue weighted by Crippen LogP contribution is 2.42. The topological polar surface area (TPSA) is 101 Å². The van der Waals surface area contributed by atoms with Crippen molar-refractivity contribution in [3.05, 3.63) is 34.9 Å². The Morgan fingerprint density at radius 3 is 2.48 bits per heavy atom. The van der Waals surface area contributed by atoms with E-state index in [-0.39, 0.29) is 24.6 Å². The van der Waals surface area contributed by atoms with Gasteiger partial charge in [-0.25, -0.2) is 12.7 Å². The molecule has 2 fully saturated rings. The molecule has 1 aliphatic carbocycles. The Morgan fingerprint density at radius 1 is 1.21 bits per heavy atom. The maximum absolute atomic E-state index is 13.1. The highest BCUT2D eigenvalue weighted by atomic mass is 35.5. The number of piperidine rings is 1. The predicted octanol–water partition coefficient (Wildman–Crippen LogP) is 2.74. The minimum Gasteiger partial charge on any atom is -0.455 e. The highest BCUT2D eigenvalue weighted by molar-refractivity contribution is 7.89. The highest BCUT2D eigenvalue weighted by Gasteiger charge is 2.48. The Bertz CT molecular complexity index is 1010. The number of carbonyl (C=O) groups excluding carboxylic acids is 3. The number of halogens is 1. The molecule has 10 heteroatoms. The fourth-order valence-corrected chi connectivity index (χ4v) is 6.17. The second-order valence-corrected chi connectivity index (χ2v) is 11.3. The number of Topliss-reactive ketones (excluding diaryl/α,β-unsaturated/α-hetero) is 1. The third-order valence-corrected chi connectivity index (χ3v) is 9.01. The minimum absolute atomic E-state index is 0.0227. The van der Waals surface area contributed by atoms with Crippen molar-refractivity contribution in [2.75, 3.05) is 32.5 Å². The van der Waals surface area contributed by atoms with Crippen LogP contribution in [0.25, 0.3) is 0 Å². The summed E-state index contributed by atoms with van der Waals surface area (Å²) in [6.07, 6.45) is 3.04. The van der Waals surface area contributed by atoms with Gasteiger partial charge in [0.05, 0.1) is 11.7 Å². The molecule has 3 rings (SSSR count). The van der Waals surface area contributed by atoms with E-state index in [0.29, 0.717) is 36.3 Å². The van der Waals surface area contributed by atoms with Crippen molar-refractivity contribution in [3.8, 4) is 0 Å². The number of esters is 1. The Hall–Kier alpha value is -1.97. The van der Waals surface area contributed by atoms with Crippen molar-refractivity contribution < 1.29 is 27.5 Å². The molecular weight excluding hydrogens is 468 g/mol. The average Bonchev–Trinajstić information content (AvgIpc) is 2.83. The van der Waals surface area contributed by atoms with Gasteiger partial charge in [0.15, 0.2) is 12.4 Å². The molecule has 1 amide bonds. The van der Waals surface area contributed by atoms with E-state index in [4.69, 9.17) is 16.3 Å². The number of carbonyl (C=O) groups is 3. The van der Waals surface area contributed by atoms with Gasteiger partial charge in [0.25, 0.3) is 5.91 Å². The Morgan fingerprint density at radius 2 is 1.88 bits per heavy atom. The van der Waals surface area contributed by atoms with Gasteiger partial charge in [0, 0.05) is 37.1 Å². The molecule has 182 valence electrons. The molecule has 0 aromatic heterocycles. The van der Waals surface area contributed by atoms with Crippen molar-refractivity contribution in [2.24, 2.45) is 5.92 Å². The van der Waals surface area contributed by atoms with Crippen molar-refractivity contribution in [3.63, 3.8) is 0 Å². The Kier molecular flexibility index (Phi) is 8.18.